The van der Waals surface area contributed by atoms with Crippen LogP contribution < -0.4 is 10.1 Å². The smallest absolute Gasteiger partial charge is 0.119 e. The number of hydrogen-bond donors (Lipinski definition) is 1. The van der Waals surface area contributed by atoms with Gasteiger partial charge in [0.1, 0.15) is 12.4 Å². The van der Waals surface area contributed by atoms with Crippen molar-refractivity contribution in [2.45, 2.75) is 25.8 Å². The summed E-state index contributed by atoms with van der Waals surface area (Å²) in [4.78, 5) is 0. The monoisotopic (exact) mass is 205 g/mol. The average molecular weight is 205 g/mol. The molecule has 1 N–H and O–H groups in total. The highest BCUT2D eigenvalue weighted by atomic mass is 16.5. The number of ether oxygens (including phenoxy) is 1. The van der Waals surface area contributed by atoms with Crippen LogP contribution in [0.3, 0.4) is 0 Å². The molecule has 0 amide bonds. The molecule has 1 unspecified atom stereocenters. The molecule has 0 spiro atoms. The molecule has 0 aromatic heterocycles. The zero-order valence-electron chi connectivity index (χ0n) is 9.28. The van der Waals surface area contributed by atoms with Gasteiger partial charge in [-0.15, -0.1) is 0 Å². The van der Waals surface area contributed by atoms with Crippen LogP contribution >= 0.6 is 0 Å². The fourth-order valence-corrected chi connectivity index (χ4v) is 1.74. The third kappa shape index (κ3) is 3.56. The second-order valence-electron chi connectivity index (χ2n) is 4.24. The molecule has 2 heteroatoms. The summed E-state index contributed by atoms with van der Waals surface area (Å²) in [6.07, 6.45) is 2.79. The molecule has 2 nitrogen and oxygen atoms in total. The minimum atomic E-state index is 0.657. The Kier molecular flexibility index (Phi) is 3.62. The van der Waals surface area contributed by atoms with E-state index < -0.39 is 0 Å². The Bertz CT molecular complexity index is 282. The minimum absolute atomic E-state index is 0.657. The van der Waals surface area contributed by atoms with E-state index in [0.717, 1.165) is 24.8 Å². The van der Waals surface area contributed by atoms with E-state index in [2.05, 4.69) is 12.2 Å². The van der Waals surface area contributed by atoms with Crippen molar-refractivity contribution in [1.82, 2.24) is 5.32 Å². The molecule has 15 heavy (non-hydrogen) atoms. The summed E-state index contributed by atoms with van der Waals surface area (Å²) in [5.41, 5.74) is 0. The van der Waals surface area contributed by atoms with Gasteiger partial charge in [-0.05, 0) is 37.8 Å². The van der Waals surface area contributed by atoms with Crippen molar-refractivity contribution >= 4 is 0 Å². The largest absolute Gasteiger partial charge is 0.492 e. The molecular formula is C13H19NO. The highest BCUT2D eigenvalue weighted by Crippen LogP contribution is 2.32. The van der Waals surface area contributed by atoms with Crippen LogP contribution in [-0.2, 0) is 0 Å². The molecule has 0 bridgehead atoms. The SMILES string of the molecule is CC(NCCOc1ccccc1)C1CC1. The fraction of sp³-hybridized carbons (Fsp3) is 0.538. The standard InChI is InChI=1S/C13H19NO/c1-11(12-7-8-12)14-9-10-15-13-5-3-2-4-6-13/h2-6,11-12,14H,7-10H2,1H3. The van der Waals surface area contributed by atoms with Crippen molar-refractivity contribution in [3.63, 3.8) is 0 Å². The van der Waals surface area contributed by atoms with Crippen molar-refractivity contribution in [3.05, 3.63) is 30.3 Å². The van der Waals surface area contributed by atoms with E-state index in [9.17, 15) is 0 Å². The molecule has 1 aliphatic carbocycles. The molecule has 1 fully saturated rings. The zero-order chi connectivity index (χ0) is 10.5. The molecule has 1 atom stereocenters. The van der Waals surface area contributed by atoms with E-state index in [1.54, 1.807) is 0 Å². The predicted molar refractivity (Wildman–Crippen MR) is 62.1 cm³/mol. The van der Waals surface area contributed by atoms with E-state index >= 15 is 0 Å². The summed E-state index contributed by atoms with van der Waals surface area (Å²) in [6, 6.07) is 10.6. The van der Waals surface area contributed by atoms with Crippen molar-refractivity contribution in [1.29, 1.82) is 0 Å². The lowest BCUT2D eigenvalue weighted by Crippen LogP contribution is -2.31. The van der Waals surface area contributed by atoms with Gasteiger partial charge in [0.25, 0.3) is 0 Å². The molecule has 1 aliphatic rings. The van der Waals surface area contributed by atoms with Gasteiger partial charge < -0.3 is 10.1 Å². The van der Waals surface area contributed by atoms with Crippen molar-refractivity contribution < 1.29 is 4.74 Å². The van der Waals surface area contributed by atoms with E-state index in [4.69, 9.17) is 4.74 Å². The van der Waals surface area contributed by atoms with Crippen LogP contribution in [0.1, 0.15) is 19.8 Å². The first kappa shape index (κ1) is 10.5. The van der Waals surface area contributed by atoms with Gasteiger partial charge in [-0.1, -0.05) is 18.2 Å². The van der Waals surface area contributed by atoms with Crippen molar-refractivity contribution in [2.24, 2.45) is 5.92 Å². The maximum atomic E-state index is 5.59. The number of rotatable bonds is 6. The molecule has 0 aliphatic heterocycles. The first-order valence-corrected chi connectivity index (χ1v) is 5.77. The third-order valence-corrected chi connectivity index (χ3v) is 2.91. The molecule has 2 rings (SSSR count). The number of hydrogen-bond acceptors (Lipinski definition) is 2. The van der Waals surface area contributed by atoms with Crippen LogP contribution in [0.5, 0.6) is 5.75 Å². The Morgan fingerprint density at radius 1 is 1.33 bits per heavy atom. The molecule has 0 radical (unpaired) electrons. The summed E-state index contributed by atoms with van der Waals surface area (Å²) >= 11 is 0. The Morgan fingerprint density at radius 2 is 2.07 bits per heavy atom. The molecule has 1 aromatic carbocycles. The molecule has 1 saturated carbocycles. The molecule has 1 aromatic rings. The maximum absolute atomic E-state index is 5.59. The zero-order valence-corrected chi connectivity index (χ0v) is 9.28. The van der Waals surface area contributed by atoms with E-state index in [1.807, 2.05) is 30.3 Å². The fourth-order valence-electron chi connectivity index (χ4n) is 1.74. The van der Waals surface area contributed by atoms with Gasteiger partial charge in [-0.2, -0.15) is 0 Å². The Labute approximate surface area is 91.6 Å². The van der Waals surface area contributed by atoms with Gasteiger partial charge in [-0.25, -0.2) is 0 Å². The van der Waals surface area contributed by atoms with Gasteiger partial charge in [0.2, 0.25) is 0 Å². The Morgan fingerprint density at radius 3 is 2.73 bits per heavy atom. The van der Waals surface area contributed by atoms with Crippen molar-refractivity contribution in [2.75, 3.05) is 13.2 Å². The summed E-state index contributed by atoms with van der Waals surface area (Å²) in [5, 5.41) is 3.49. The number of para-hydroxylation sites is 1. The third-order valence-electron chi connectivity index (χ3n) is 2.91. The quantitative estimate of drug-likeness (QED) is 0.720. The second-order valence-corrected chi connectivity index (χ2v) is 4.24. The van der Waals surface area contributed by atoms with Crippen molar-refractivity contribution in [3.8, 4) is 5.75 Å². The van der Waals surface area contributed by atoms with Crippen LogP contribution in [0, 0.1) is 5.92 Å². The lowest BCUT2D eigenvalue weighted by Gasteiger charge is -2.12. The lowest BCUT2D eigenvalue weighted by molar-refractivity contribution is 0.303. The lowest BCUT2D eigenvalue weighted by atomic mass is 10.2. The van der Waals surface area contributed by atoms with Gasteiger partial charge in [0.15, 0.2) is 0 Å². The highest BCUT2D eigenvalue weighted by Gasteiger charge is 2.27. The first-order chi connectivity index (χ1) is 7.36. The average Bonchev–Trinajstić information content (AvgIpc) is 3.09. The van der Waals surface area contributed by atoms with Crippen LogP contribution in [0.4, 0.5) is 0 Å². The minimum Gasteiger partial charge on any atom is -0.492 e. The normalized spacial score (nSPS) is 17.4. The summed E-state index contributed by atoms with van der Waals surface area (Å²) in [7, 11) is 0. The van der Waals surface area contributed by atoms with Crippen LogP contribution in [0.2, 0.25) is 0 Å². The summed E-state index contributed by atoms with van der Waals surface area (Å²) in [5.74, 6) is 1.88. The van der Waals surface area contributed by atoms with Gasteiger partial charge >= 0.3 is 0 Å². The number of nitrogens with one attached hydrogen (secondary N) is 1. The Hall–Kier alpha value is -1.02. The second kappa shape index (κ2) is 5.17. The van der Waals surface area contributed by atoms with E-state index in [0.29, 0.717) is 6.04 Å². The topological polar surface area (TPSA) is 21.3 Å². The van der Waals surface area contributed by atoms with Gasteiger partial charge in [-0.3, -0.25) is 0 Å². The van der Waals surface area contributed by atoms with Crippen LogP contribution in [0.15, 0.2) is 30.3 Å². The van der Waals surface area contributed by atoms with Gasteiger partial charge in [0, 0.05) is 12.6 Å². The first-order valence-electron chi connectivity index (χ1n) is 5.77. The van der Waals surface area contributed by atoms with E-state index in [-0.39, 0.29) is 0 Å². The van der Waals surface area contributed by atoms with Crippen LogP contribution in [-0.4, -0.2) is 19.2 Å². The molecule has 82 valence electrons. The Balaban J connectivity index is 1.58. The summed E-state index contributed by atoms with van der Waals surface area (Å²) in [6.45, 7) is 3.95. The highest BCUT2D eigenvalue weighted by molar-refractivity contribution is 5.20. The molecular weight excluding hydrogens is 186 g/mol. The summed E-state index contributed by atoms with van der Waals surface area (Å²) < 4.78 is 5.59. The van der Waals surface area contributed by atoms with Crippen LogP contribution in [0.25, 0.3) is 0 Å². The maximum Gasteiger partial charge on any atom is 0.119 e. The molecule has 0 heterocycles. The predicted octanol–water partition coefficient (Wildman–Crippen LogP) is 2.45. The molecule has 0 saturated heterocycles. The van der Waals surface area contributed by atoms with E-state index in [1.165, 1.54) is 12.8 Å². The van der Waals surface area contributed by atoms with Gasteiger partial charge in [0.05, 0.1) is 0 Å². The number of benzene rings is 1.